The Morgan fingerprint density at radius 3 is 2.71 bits per heavy atom. The van der Waals surface area contributed by atoms with Crippen molar-refractivity contribution in [3.8, 4) is 0 Å². The van der Waals surface area contributed by atoms with Gasteiger partial charge >= 0.3 is 5.97 Å². The van der Waals surface area contributed by atoms with Crippen LogP contribution in [0.4, 0.5) is 0 Å². The van der Waals surface area contributed by atoms with E-state index in [1.54, 1.807) is 6.08 Å². The molecule has 0 aliphatic rings. The third-order valence-corrected chi connectivity index (χ3v) is 2.02. The molecule has 0 saturated carbocycles. The van der Waals surface area contributed by atoms with Gasteiger partial charge in [0.25, 0.3) is 0 Å². The van der Waals surface area contributed by atoms with Crippen molar-refractivity contribution in [1.29, 1.82) is 0 Å². The van der Waals surface area contributed by atoms with Crippen molar-refractivity contribution in [3.05, 3.63) is 41.0 Å². The van der Waals surface area contributed by atoms with E-state index in [4.69, 9.17) is 5.11 Å². The normalized spacial score (nSPS) is 10.7. The van der Waals surface area contributed by atoms with Crippen molar-refractivity contribution in [1.82, 2.24) is 0 Å². The first-order chi connectivity index (χ1) is 6.59. The van der Waals surface area contributed by atoms with Crippen molar-refractivity contribution in [2.24, 2.45) is 0 Å². The highest BCUT2D eigenvalue weighted by Gasteiger charge is 1.94. The zero-order valence-corrected chi connectivity index (χ0v) is 8.45. The quantitative estimate of drug-likeness (QED) is 0.795. The van der Waals surface area contributed by atoms with E-state index in [1.807, 2.05) is 32.1 Å². The lowest BCUT2D eigenvalue weighted by atomic mass is 10.1. The Labute approximate surface area is 83.9 Å². The van der Waals surface area contributed by atoms with Crippen molar-refractivity contribution >= 4 is 12.0 Å². The van der Waals surface area contributed by atoms with Crippen LogP contribution in [0.15, 0.2) is 24.3 Å². The number of hydrogen-bond acceptors (Lipinski definition) is 1. The molecule has 1 rings (SSSR count). The van der Waals surface area contributed by atoms with Gasteiger partial charge in [-0.15, -0.1) is 0 Å². The van der Waals surface area contributed by atoms with E-state index in [9.17, 15) is 4.79 Å². The molecule has 0 fully saturated rings. The summed E-state index contributed by atoms with van der Waals surface area (Å²) in [5.41, 5.74) is 3.47. The van der Waals surface area contributed by atoms with E-state index in [0.29, 0.717) is 0 Å². The van der Waals surface area contributed by atoms with Crippen molar-refractivity contribution in [2.45, 2.75) is 20.3 Å². The second kappa shape index (κ2) is 4.61. The van der Waals surface area contributed by atoms with E-state index in [2.05, 4.69) is 6.07 Å². The zero-order chi connectivity index (χ0) is 10.6. The molecule has 0 amide bonds. The van der Waals surface area contributed by atoms with Gasteiger partial charge in [-0.2, -0.15) is 0 Å². The van der Waals surface area contributed by atoms with Gasteiger partial charge in [0.1, 0.15) is 0 Å². The van der Waals surface area contributed by atoms with E-state index in [0.717, 1.165) is 5.56 Å². The largest absolute Gasteiger partial charge is 0.481 e. The van der Waals surface area contributed by atoms with Crippen molar-refractivity contribution < 1.29 is 9.90 Å². The predicted molar refractivity (Wildman–Crippen MR) is 57.2 cm³/mol. The molecule has 1 N–H and O–H groups in total. The Bertz CT molecular complexity index is 365. The first-order valence-corrected chi connectivity index (χ1v) is 4.55. The van der Waals surface area contributed by atoms with Crippen LogP contribution in [0.2, 0.25) is 0 Å². The monoisotopic (exact) mass is 190 g/mol. The van der Waals surface area contributed by atoms with Crippen LogP contribution >= 0.6 is 0 Å². The maximum atomic E-state index is 10.3. The molecule has 2 nitrogen and oxygen atoms in total. The molecule has 0 radical (unpaired) electrons. The molecular formula is C12H14O2. The fraction of sp³-hybridized carbons (Fsp3) is 0.250. The first kappa shape index (κ1) is 10.5. The molecular weight excluding hydrogens is 176 g/mol. The number of aryl methyl sites for hydroxylation is 2. The van der Waals surface area contributed by atoms with E-state index < -0.39 is 5.97 Å². The summed E-state index contributed by atoms with van der Waals surface area (Å²) >= 11 is 0. The molecule has 0 bridgehead atoms. The molecule has 74 valence electrons. The number of rotatable bonds is 3. The molecule has 0 heterocycles. The summed E-state index contributed by atoms with van der Waals surface area (Å²) in [5, 5.41) is 8.45. The standard InChI is InChI=1S/C12H14O2/c1-9-6-7-11(10(2)8-9)4-3-5-12(13)14/h3-4,6-8H,5H2,1-2H3,(H,13,14)/b4-3+. The Hall–Kier alpha value is -1.57. The summed E-state index contributed by atoms with van der Waals surface area (Å²) in [4.78, 5) is 10.3. The van der Waals surface area contributed by atoms with Crippen LogP contribution in [0, 0.1) is 13.8 Å². The molecule has 0 aliphatic heterocycles. The maximum Gasteiger partial charge on any atom is 0.307 e. The summed E-state index contributed by atoms with van der Waals surface area (Å²) < 4.78 is 0. The van der Waals surface area contributed by atoms with Crippen LogP contribution in [-0.2, 0) is 4.79 Å². The SMILES string of the molecule is Cc1ccc(/C=C/CC(=O)O)c(C)c1. The number of carboxylic acids is 1. The minimum absolute atomic E-state index is 0.0767. The van der Waals surface area contributed by atoms with Gasteiger partial charge in [-0.1, -0.05) is 35.9 Å². The molecule has 0 aliphatic carbocycles. The third-order valence-electron chi connectivity index (χ3n) is 2.02. The molecule has 0 spiro atoms. The lowest BCUT2D eigenvalue weighted by Gasteiger charge is -2.00. The average molecular weight is 190 g/mol. The molecule has 2 heteroatoms. The Morgan fingerprint density at radius 2 is 2.14 bits per heavy atom. The molecule has 0 unspecified atom stereocenters. The lowest BCUT2D eigenvalue weighted by molar-refractivity contribution is -0.135. The summed E-state index contributed by atoms with van der Waals surface area (Å²) in [6, 6.07) is 6.11. The minimum atomic E-state index is -0.800. The van der Waals surface area contributed by atoms with Crippen LogP contribution in [0.1, 0.15) is 23.1 Å². The molecule has 0 saturated heterocycles. The highest BCUT2D eigenvalue weighted by molar-refractivity contribution is 5.70. The van der Waals surface area contributed by atoms with Gasteiger partial charge < -0.3 is 5.11 Å². The van der Waals surface area contributed by atoms with Crippen LogP contribution in [0.5, 0.6) is 0 Å². The van der Waals surface area contributed by atoms with Gasteiger partial charge in [0.15, 0.2) is 0 Å². The Morgan fingerprint density at radius 1 is 1.43 bits per heavy atom. The first-order valence-electron chi connectivity index (χ1n) is 4.55. The van der Waals surface area contributed by atoms with Gasteiger partial charge in [-0.3, -0.25) is 4.79 Å². The van der Waals surface area contributed by atoms with Gasteiger partial charge in [-0.05, 0) is 25.0 Å². The summed E-state index contributed by atoms with van der Waals surface area (Å²) in [7, 11) is 0. The molecule has 0 atom stereocenters. The predicted octanol–water partition coefficient (Wildman–Crippen LogP) is 2.79. The second-order valence-electron chi connectivity index (χ2n) is 3.36. The van der Waals surface area contributed by atoms with Gasteiger partial charge in [0, 0.05) is 0 Å². The van der Waals surface area contributed by atoms with Gasteiger partial charge in [0.2, 0.25) is 0 Å². The highest BCUT2D eigenvalue weighted by Crippen LogP contribution is 2.12. The third kappa shape index (κ3) is 3.05. The zero-order valence-electron chi connectivity index (χ0n) is 8.45. The highest BCUT2D eigenvalue weighted by atomic mass is 16.4. The van der Waals surface area contributed by atoms with E-state index in [-0.39, 0.29) is 6.42 Å². The fourth-order valence-corrected chi connectivity index (χ4v) is 1.30. The molecule has 0 aromatic heterocycles. The molecule has 1 aromatic carbocycles. The van der Waals surface area contributed by atoms with Crippen LogP contribution in [-0.4, -0.2) is 11.1 Å². The van der Waals surface area contributed by atoms with Gasteiger partial charge in [0.05, 0.1) is 6.42 Å². The Balaban J connectivity index is 2.76. The Kier molecular flexibility index (Phi) is 3.46. The lowest BCUT2D eigenvalue weighted by Crippen LogP contribution is -1.90. The van der Waals surface area contributed by atoms with Crippen molar-refractivity contribution in [2.75, 3.05) is 0 Å². The van der Waals surface area contributed by atoms with Crippen LogP contribution in [0.3, 0.4) is 0 Å². The van der Waals surface area contributed by atoms with E-state index in [1.165, 1.54) is 11.1 Å². The van der Waals surface area contributed by atoms with Gasteiger partial charge in [-0.25, -0.2) is 0 Å². The molecule has 1 aromatic rings. The summed E-state index contributed by atoms with van der Waals surface area (Å²) in [6.07, 6.45) is 3.59. The topological polar surface area (TPSA) is 37.3 Å². The number of aliphatic carboxylic acids is 1. The van der Waals surface area contributed by atoms with Crippen LogP contribution in [0.25, 0.3) is 6.08 Å². The van der Waals surface area contributed by atoms with Crippen molar-refractivity contribution in [3.63, 3.8) is 0 Å². The summed E-state index contributed by atoms with van der Waals surface area (Å²) in [5.74, 6) is -0.800. The fourth-order valence-electron chi connectivity index (χ4n) is 1.30. The van der Waals surface area contributed by atoms with E-state index >= 15 is 0 Å². The van der Waals surface area contributed by atoms with Crippen LogP contribution < -0.4 is 0 Å². The number of hydrogen-bond donors (Lipinski definition) is 1. The summed E-state index contributed by atoms with van der Waals surface area (Å²) in [6.45, 7) is 4.06. The second-order valence-corrected chi connectivity index (χ2v) is 3.36. The smallest absolute Gasteiger partial charge is 0.307 e. The molecule has 14 heavy (non-hydrogen) atoms. The maximum absolute atomic E-state index is 10.3. The average Bonchev–Trinajstić information content (AvgIpc) is 2.08. The number of carboxylic acid groups (broad SMARTS) is 1. The number of benzene rings is 1. The number of carbonyl (C=O) groups is 1. The minimum Gasteiger partial charge on any atom is -0.481 e.